The van der Waals surface area contributed by atoms with Crippen LogP contribution in [0.2, 0.25) is 0 Å². The summed E-state index contributed by atoms with van der Waals surface area (Å²) in [7, 11) is 1.60. The average molecular weight is 490 g/mol. The molecule has 6 nitrogen and oxygen atoms in total. The van der Waals surface area contributed by atoms with E-state index in [1.54, 1.807) is 7.05 Å². The van der Waals surface area contributed by atoms with Crippen molar-refractivity contribution < 1.29 is 22.8 Å². The number of aryl methyl sites for hydroxylation is 1. The van der Waals surface area contributed by atoms with E-state index in [4.69, 9.17) is 0 Å². The standard InChI is InChI=1S/C27H21F3N4O2/c1-34-13-12-21(33-34)19-14-17(10-11-20(19)27(28,29)30)26(36)32-22-15-31-25-18(8-5-9-23(25)35)24(22)16-6-3-2-4-7-16/h2-4,6-7,10-15H,5,8-9H2,1H3,(H,32,36). The summed E-state index contributed by atoms with van der Waals surface area (Å²) < 4.78 is 42.4. The number of anilines is 1. The monoisotopic (exact) mass is 490 g/mol. The Morgan fingerprint density at radius 1 is 1.06 bits per heavy atom. The van der Waals surface area contributed by atoms with Crippen LogP contribution in [0.25, 0.3) is 22.4 Å². The normalized spacial score (nSPS) is 13.4. The minimum Gasteiger partial charge on any atom is -0.320 e. The van der Waals surface area contributed by atoms with Gasteiger partial charge in [-0.15, -0.1) is 0 Å². The molecule has 0 aliphatic heterocycles. The molecule has 1 aliphatic carbocycles. The van der Waals surface area contributed by atoms with Crippen LogP contribution in [0.3, 0.4) is 0 Å². The number of carbonyl (C=O) groups is 2. The van der Waals surface area contributed by atoms with E-state index in [2.05, 4.69) is 15.4 Å². The van der Waals surface area contributed by atoms with Gasteiger partial charge in [0.15, 0.2) is 5.78 Å². The number of aromatic nitrogens is 3. The van der Waals surface area contributed by atoms with Crippen LogP contribution in [0.1, 0.15) is 44.8 Å². The molecule has 182 valence electrons. The Balaban J connectivity index is 1.57. The van der Waals surface area contributed by atoms with Gasteiger partial charge in [-0.2, -0.15) is 18.3 Å². The lowest BCUT2D eigenvalue weighted by Gasteiger charge is -2.21. The van der Waals surface area contributed by atoms with E-state index >= 15 is 0 Å². The zero-order valence-electron chi connectivity index (χ0n) is 19.3. The lowest BCUT2D eigenvalue weighted by atomic mass is 9.87. The van der Waals surface area contributed by atoms with Gasteiger partial charge in [0.1, 0.15) is 5.69 Å². The molecular weight excluding hydrogens is 469 g/mol. The summed E-state index contributed by atoms with van der Waals surface area (Å²) in [5.41, 5.74) is 2.13. The molecule has 5 rings (SSSR count). The molecule has 1 N–H and O–H groups in total. The van der Waals surface area contributed by atoms with E-state index < -0.39 is 17.6 Å². The molecule has 0 atom stereocenters. The molecule has 2 aromatic heterocycles. The number of fused-ring (bicyclic) bond motifs is 1. The zero-order valence-corrected chi connectivity index (χ0v) is 19.3. The highest BCUT2D eigenvalue weighted by Crippen LogP contribution is 2.38. The molecule has 0 fully saturated rings. The number of amides is 1. The lowest BCUT2D eigenvalue weighted by Crippen LogP contribution is -2.18. The summed E-state index contributed by atoms with van der Waals surface area (Å²) in [4.78, 5) is 30.1. The molecule has 2 heterocycles. The first-order valence-electron chi connectivity index (χ1n) is 11.4. The number of carbonyl (C=O) groups excluding carboxylic acids is 2. The van der Waals surface area contributed by atoms with Crippen LogP contribution in [0.4, 0.5) is 18.9 Å². The second-order valence-corrected chi connectivity index (χ2v) is 8.60. The predicted octanol–water partition coefficient (Wildman–Crippen LogP) is 5.94. The van der Waals surface area contributed by atoms with E-state index in [-0.39, 0.29) is 22.6 Å². The molecule has 0 saturated carbocycles. The van der Waals surface area contributed by atoms with Crippen molar-refractivity contribution in [3.63, 3.8) is 0 Å². The number of benzene rings is 2. The highest BCUT2D eigenvalue weighted by molar-refractivity contribution is 6.08. The number of nitrogens with one attached hydrogen (secondary N) is 1. The zero-order chi connectivity index (χ0) is 25.4. The summed E-state index contributed by atoms with van der Waals surface area (Å²) in [6.07, 6.45) is 0.0861. The van der Waals surface area contributed by atoms with Crippen molar-refractivity contribution in [1.29, 1.82) is 0 Å². The van der Waals surface area contributed by atoms with E-state index in [1.807, 2.05) is 30.3 Å². The smallest absolute Gasteiger partial charge is 0.320 e. The van der Waals surface area contributed by atoms with Gasteiger partial charge in [-0.3, -0.25) is 19.3 Å². The van der Waals surface area contributed by atoms with Crippen LogP contribution < -0.4 is 5.32 Å². The van der Waals surface area contributed by atoms with Crippen LogP contribution in [-0.4, -0.2) is 26.5 Å². The van der Waals surface area contributed by atoms with Crippen molar-refractivity contribution in [2.24, 2.45) is 7.05 Å². The van der Waals surface area contributed by atoms with Crippen LogP contribution in [0.5, 0.6) is 0 Å². The van der Waals surface area contributed by atoms with Gasteiger partial charge in [-0.25, -0.2) is 0 Å². The number of pyridine rings is 1. The molecule has 1 amide bonds. The topological polar surface area (TPSA) is 76.9 Å². The van der Waals surface area contributed by atoms with E-state index in [0.717, 1.165) is 23.3 Å². The van der Waals surface area contributed by atoms with Crippen molar-refractivity contribution in [3.05, 3.63) is 89.4 Å². The first-order chi connectivity index (χ1) is 17.2. The second kappa shape index (κ2) is 9.07. The molecule has 0 saturated heterocycles. The molecule has 1 aliphatic rings. The van der Waals surface area contributed by atoms with Crippen molar-refractivity contribution in [1.82, 2.24) is 14.8 Å². The summed E-state index contributed by atoms with van der Waals surface area (Å²) in [5, 5.41) is 6.90. The fraction of sp³-hybridized carbons (Fsp3) is 0.185. The van der Waals surface area contributed by atoms with Crippen molar-refractivity contribution in [2.75, 3.05) is 5.32 Å². The first-order valence-corrected chi connectivity index (χ1v) is 11.4. The number of Topliss-reactive ketones (excluding diaryl/α,β-unsaturated/α-hetero) is 1. The Bertz CT molecular complexity index is 1480. The van der Waals surface area contributed by atoms with Crippen molar-refractivity contribution in [2.45, 2.75) is 25.4 Å². The molecule has 9 heteroatoms. The Labute approximate surface area is 204 Å². The summed E-state index contributed by atoms with van der Waals surface area (Å²) in [6.45, 7) is 0. The summed E-state index contributed by atoms with van der Waals surface area (Å²) >= 11 is 0. The number of nitrogens with zero attached hydrogens (tertiary/aromatic N) is 3. The fourth-order valence-electron chi connectivity index (χ4n) is 4.51. The maximum absolute atomic E-state index is 13.7. The first kappa shape index (κ1) is 23.5. The largest absolute Gasteiger partial charge is 0.417 e. The maximum atomic E-state index is 13.7. The third-order valence-corrected chi connectivity index (χ3v) is 6.16. The Morgan fingerprint density at radius 3 is 2.53 bits per heavy atom. The van der Waals surface area contributed by atoms with Gasteiger partial charge in [-0.05, 0) is 48.2 Å². The average Bonchev–Trinajstić information content (AvgIpc) is 3.30. The van der Waals surface area contributed by atoms with Gasteiger partial charge in [0.05, 0.1) is 23.1 Å². The predicted molar refractivity (Wildman–Crippen MR) is 129 cm³/mol. The third-order valence-electron chi connectivity index (χ3n) is 6.16. The fourth-order valence-corrected chi connectivity index (χ4v) is 4.51. The number of hydrogen-bond donors (Lipinski definition) is 1. The van der Waals surface area contributed by atoms with E-state index in [1.165, 1.54) is 29.2 Å². The van der Waals surface area contributed by atoms with Crippen molar-refractivity contribution in [3.8, 4) is 22.4 Å². The minimum absolute atomic E-state index is 0.0384. The number of rotatable bonds is 4. The number of ketones is 1. The lowest BCUT2D eigenvalue weighted by molar-refractivity contribution is -0.137. The molecular formula is C27H21F3N4O2. The van der Waals surface area contributed by atoms with Gasteiger partial charge in [0, 0.05) is 36.4 Å². The number of halogens is 3. The van der Waals surface area contributed by atoms with Gasteiger partial charge in [0.25, 0.3) is 5.91 Å². The Morgan fingerprint density at radius 2 is 1.83 bits per heavy atom. The van der Waals surface area contributed by atoms with Gasteiger partial charge >= 0.3 is 6.18 Å². The number of hydrogen-bond acceptors (Lipinski definition) is 4. The summed E-state index contributed by atoms with van der Waals surface area (Å²) in [6, 6.07) is 14.0. The van der Waals surface area contributed by atoms with Crippen LogP contribution in [0.15, 0.2) is 67.0 Å². The molecule has 4 aromatic rings. The van der Waals surface area contributed by atoms with Crippen LogP contribution in [0, 0.1) is 0 Å². The Hall–Kier alpha value is -4.27. The third kappa shape index (κ3) is 4.39. The summed E-state index contributed by atoms with van der Waals surface area (Å²) in [5.74, 6) is -0.643. The molecule has 0 unspecified atom stereocenters. The van der Waals surface area contributed by atoms with E-state index in [9.17, 15) is 22.8 Å². The van der Waals surface area contributed by atoms with Crippen LogP contribution >= 0.6 is 0 Å². The molecule has 0 spiro atoms. The van der Waals surface area contributed by atoms with Crippen molar-refractivity contribution >= 4 is 17.4 Å². The minimum atomic E-state index is -4.61. The second-order valence-electron chi connectivity index (χ2n) is 8.60. The Kier molecular flexibility index (Phi) is 5.91. The molecule has 0 bridgehead atoms. The molecule has 36 heavy (non-hydrogen) atoms. The van der Waals surface area contributed by atoms with Gasteiger partial charge in [-0.1, -0.05) is 30.3 Å². The maximum Gasteiger partial charge on any atom is 0.417 e. The van der Waals surface area contributed by atoms with E-state index in [0.29, 0.717) is 36.2 Å². The highest BCUT2D eigenvalue weighted by atomic mass is 19.4. The van der Waals surface area contributed by atoms with Gasteiger partial charge in [0.2, 0.25) is 0 Å². The SMILES string of the molecule is Cn1ccc(-c2cc(C(=O)Nc3cnc4c(c3-c3ccccc3)CCCC4=O)ccc2C(F)(F)F)n1. The molecule has 0 radical (unpaired) electrons. The van der Waals surface area contributed by atoms with Crippen LogP contribution in [-0.2, 0) is 19.6 Å². The quantitative estimate of drug-likeness (QED) is 0.384. The molecule has 2 aromatic carbocycles. The van der Waals surface area contributed by atoms with Gasteiger partial charge < -0.3 is 5.32 Å². The number of alkyl halides is 3. The highest BCUT2D eigenvalue weighted by Gasteiger charge is 2.35.